The van der Waals surface area contributed by atoms with Crippen molar-refractivity contribution in [3.05, 3.63) is 29.7 Å². The molecule has 0 fully saturated rings. The van der Waals surface area contributed by atoms with Gasteiger partial charge in [0, 0.05) is 18.7 Å². The number of rotatable bonds is 5. The maximum atomic E-state index is 11.7. The molecule has 0 aromatic carbocycles. The van der Waals surface area contributed by atoms with E-state index in [2.05, 4.69) is 10.1 Å². The van der Waals surface area contributed by atoms with Gasteiger partial charge in [-0.25, -0.2) is 18.4 Å². The number of carbonyl (C=O) groups excluding carboxylic acids is 2. The van der Waals surface area contributed by atoms with E-state index in [0.29, 0.717) is 0 Å². The summed E-state index contributed by atoms with van der Waals surface area (Å²) in [6.07, 6.45) is 2.52. The van der Waals surface area contributed by atoms with E-state index in [-0.39, 0.29) is 23.0 Å². The van der Waals surface area contributed by atoms with Crippen LogP contribution in [0.2, 0.25) is 0 Å². The first-order valence-corrected chi connectivity index (χ1v) is 6.96. The minimum Gasteiger partial charge on any atom is -0.466 e. The molecule has 0 spiro atoms. The highest BCUT2D eigenvalue weighted by Crippen LogP contribution is 2.18. The molecule has 1 amide bonds. The zero-order chi connectivity index (χ0) is 15.3. The van der Waals surface area contributed by atoms with Gasteiger partial charge in [-0.3, -0.25) is 4.79 Å². The molecule has 0 saturated heterocycles. The summed E-state index contributed by atoms with van der Waals surface area (Å²) < 4.78 is 31.7. The SMILES string of the molecule is COC(=O)/C=C/CNC(=O)c1cc(S(N)(=O)=O)c(C)o1. The maximum Gasteiger partial charge on any atom is 0.330 e. The van der Waals surface area contributed by atoms with Crippen LogP contribution in [0.4, 0.5) is 0 Å². The second-order valence-electron chi connectivity index (χ2n) is 3.71. The Kier molecular flexibility index (Phi) is 5.06. The van der Waals surface area contributed by atoms with Crippen LogP contribution < -0.4 is 10.5 Å². The molecular weight excluding hydrogens is 288 g/mol. The summed E-state index contributed by atoms with van der Waals surface area (Å²) in [4.78, 5) is 22.2. The molecule has 1 aromatic heterocycles. The number of hydrogen-bond acceptors (Lipinski definition) is 6. The third-order valence-corrected chi connectivity index (χ3v) is 3.26. The molecule has 9 heteroatoms. The van der Waals surface area contributed by atoms with E-state index in [1.54, 1.807) is 0 Å². The van der Waals surface area contributed by atoms with E-state index >= 15 is 0 Å². The Morgan fingerprint density at radius 2 is 2.15 bits per heavy atom. The molecule has 0 saturated carbocycles. The fourth-order valence-corrected chi connectivity index (χ4v) is 2.04. The lowest BCUT2D eigenvalue weighted by Crippen LogP contribution is -2.23. The van der Waals surface area contributed by atoms with Crippen molar-refractivity contribution in [2.45, 2.75) is 11.8 Å². The van der Waals surface area contributed by atoms with Crippen LogP contribution in [0.15, 0.2) is 27.5 Å². The van der Waals surface area contributed by atoms with Crippen LogP contribution in [0.25, 0.3) is 0 Å². The lowest BCUT2D eigenvalue weighted by Gasteiger charge is -1.97. The zero-order valence-electron chi connectivity index (χ0n) is 10.9. The highest BCUT2D eigenvalue weighted by molar-refractivity contribution is 7.89. The van der Waals surface area contributed by atoms with Gasteiger partial charge in [0.2, 0.25) is 10.0 Å². The van der Waals surface area contributed by atoms with Gasteiger partial charge in [0.15, 0.2) is 5.76 Å². The van der Waals surface area contributed by atoms with E-state index in [0.717, 1.165) is 12.1 Å². The fraction of sp³-hybridized carbons (Fsp3) is 0.273. The van der Waals surface area contributed by atoms with E-state index < -0.39 is 21.9 Å². The molecule has 1 aromatic rings. The summed E-state index contributed by atoms with van der Waals surface area (Å²) in [6.45, 7) is 1.44. The number of nitrogens with one attached hydrogen (secondary N) is 1. The van der Waals surface area contributed by atoms with Crippen LogP contribution >= 0.6 is 0 Å². The van der Waals surface area contributed by atoms with Gasteiger partial charge in [-0.2, -0.15) is 0 Å². The molecule has 3 N–H and O–H groups in total. The minimum atomic E-state index is -3.93. The van der Waals surface area contributed by atoms with Crippen molar-refractivity contribution < 1.29 is 27.2 Å². The number of sulfonamides is 1. The molecule has 0 radical (unpaired) electrons. The van der Waals surface area contributed by atoms with Crippen molar-refractivity contribution in [1.29, 1.82) is 0 Å². The molecule has 110 valence electrons. The predicted octanol–water partition coefficient (Wildman–Crippen LogP) is -0.306. The Bertz CT molecular complexity index is 644. The Labute approximate surface area is 115 Å². The average Bonchev–Trinajstić information content (AvgIpc) is 2.76. The molecule has 0 aliphatic rings. The normalized spacial score (nSPS) is 11.6. The summed E-state index contributed by atoms with van der Waals surface area (Å²) in [5.74, 6) is -1.33. The second-order valence-corrected chi connectivity index (χ2v) is 5.24. The summed E-state index contributed by atoms with van der Waals surface area (Å²) in [6, 6.07) is 1.05. The Balaban J connectivity index is 2.70. The molecule has 0 unspecified atom stereocenters. The number of nitrogens with two attached hydrogens (primary N) is 1. The highest BCUT2D eigenvalue weighted by atomic mass is 32.2. The topological polar surface area (TPSA) is 129 Å². The molecule has 8 nitrogen and oxygen atoms in total. The van der Waals surface area contributed by atoms with E-state index in [1.807, 2.05) is 0 Å². The summed E-state index contributed by atoms with van der Waals surface area (Å²) in [7, 11) is -2.71. The van der Waals surface area contributed by atoms with Crippen LogP contribution in [0.5, 0.6) is 0 Å². The molecule has 1 heterocycles. The van der Waals surface area contributed by atoms with Crippen LogP contribution in [0.1, 0.15) is 16.3 Å². The van der Waals surface area contributed by atoms with Gasteiger partial charge in [0.05, 0.1) is 7.11 Å². The first kappa shape index (κ1) is 15.9. The van der Waals surface area contributed by atoms with Gasteiger partial charge >= 0.3 is 5.97 Å². The third kappa shape index (κ3) is 4.21. The lowest BCUT2D eigenvalue weighted by molar-refractivity contribution is -0.134. The number of carbonyl (C=O) groups is 2. The van der Waals surface area contributed by atoms with Crippen molar-refractivity contribution in [1.82, 2.24) is 5.32 Å². The van der Waals surface area contributed by atoms with Gasteiger partial charge in [0.25, 0.3) is 5.91 Å². The maximum absolute atomic E-state index is 11.7. The lowest BCUT2D eigenvalue weighted by atomic mass is 10.4. The monoisotopic (exact) mass is 302 g/mol. The molecule has 0 bridgehead atoms. The van der Waals surface area contributed by atoms with Crippen LogP contribution in [-0.4, -0.2) is 33.9 Å². The summed E-state index contributed by atoms with van der Waals surface area (Å²) >= 11 is 0. The Hall–Kier alpha value is -2.13. The number of aryl methyl sites for hydroxylation is 1. The average molecular weight is 302 g/mol. The smallest absolute Gasteiger partial charge is 0.330 e. The van der Waals surface area contributed by atoms with Crippen molar-refractivity contribution in [3.8, 4) is 0 Å². The van der Waals surface area contributed by atoms with Gasteiger partial charge in [-0.15, -0.1) is 0 Å². The van der Waals surface area contributed by atoms with Crippen molar-refractivity contribution in [3.63, 3.8) is 0 Å². The molecule has 20 heavy (non-hydrogen) atoms. The highest BCUT2D eigenvalue weighted by Gasteiger charge is 2.20. The minimum absolute atomic E-state index is 0.0303. The standard InChI is InChI=1S/C11H14N2O6S/c1-7-9(20(12,16)17)6-8(19-7)11(15)13-5-3-4-10(14)18-2/h3-4,6H,5H2,1-2H3,(H,13,15)(H2,12,16,17)/b4-3+. The number of furan rings is 1. The van der Waals surface area contributed by atoms with Crippen molar-refractivity contribution in [2.75, 3.05) is 13.7 Å². The van der Waals surface area contributed by atoms with Gasteiger partial charge in [-0.1, -0.05) is 6.08 Å². The number of methoxy groups -OCH3 is 1. The van der Waals surface area contributed by atoms with Crippen LogP contribution in [0.3, 0.4) is 0 Å². The number of esters is 1. The third-order valence-electron chi connectivity index (χ3n) is 2.24. The Morgan fingerprint density at radius 1 is 1.50 bits per heavy atom. The quantitative estimate of drug-likeness (QED) is 0.567. The molecule has 0 atom stereocenters. The first-order valence-electron chi connectivity index (χ1n) is 5.41. The van der Waals surface area contributed by atoms with E-state index in [4.69, 9.17) is 9.56 Å². The van der Waals surface area contributed by atoms with Crippen LogP contribution in [0, 0.1) is 6.92 Å². The van der Waals surface area contributed by atoms with Crippen LogP contribution in [-0.2, 0) is 19.6 Å². The molecular formula is C11H14N2O6S. The zero-order valence-corrected chi connectivity index (χ0v) is 11.7. The van der Waals surface area contributed by atoms with Crippen molar-refractivity contribution >= 4 is 21.9 Å². The molecule has 0 aliphatic carbocycles. The Morgan fingerprint density at radius 3 is 2.65 bits per heavy atom. The fourth-order valence-electron chi connectivity index (χ4n) is 1.32. The van der Waals surface area contributed by atoms with Gasteiger partial charge in [-0.05, 0) is 6.92 Å². The number of hydrogen-bond donors (Lipinski definition) is 2. The molecule has 0 aliphatic heterocycles. The molecule has 1 rings (SSSR count). The summed E-state index contributed by atoms with van der Waals surface area (Å²) in [5, 5.41) is 7.37. The van der Waals surface area contributed by atoms with E-state index in [9.17, 15) is 18.0 Å². The van der Waals surface area contributed by atoms with Gasteiger partial charge < -0.3 is 14.5 Å². The number of amides is 1. The largest absolute Gasteiger partial charge is 0.466 e. The predicted molar refractivity (Wildman–Crippen MR) is 68.3 cm³/mol. The first-order chi connectivity index (χ1) is 9.25. The number of primary sulfonamides is 1. The van der Waals surface area contributed by atoms with E-state index in [1.165, 1.54) is 20.1 Å². The van der Waals surface area contributed by atoms with Gasteiger partial charge in [0.1, 0.15) is 10.7 Å². The summed E-state index contributed by atoms with van der Waals surface area (Å²) in [5.41, 5.74) is 0. The van der Waals surface area contributed by atoms with Crippen molar-refractivity contribution in [2.24, 2.45) is 5.14 Å². The second kappa shape index (κ2) is 6.35. The number of ether oxygens (including phenoxy) is 1.